The van der Waals surface area contributed by atoms with Crippen LogP contribution in [0.5, 0.6) is 5.75 Å². The zero-order valence-electron chi connectivity index (χ0n) is 20.8. The number of β-amino-alcohol motifs (C(OH)–C–C–N with tert-alkyl or cyclic N) is 1. The van der Waals surface area contributed by atoms with Crippen molar-refractivity contribution >= 4 is 17.3 Å². The molecule has 3 aromatic rings. The lowest BCUT2D eigenvalue weighted by atomic mass is 10.1. The monoisotopic (exact) mass is 500 g/mol. The summed E-state index contributed by atoms with van der Waals surface area (Å²) in [5, 5.41) is 22.1. The summed E-state index contributed by atoms with van der Waals surface area (Å²) in [6.07, 6.45) is 3.44. The zero-order chi connectivity index (χ0) is 25.5. The van der Waals surface area contributed by atoms with Crippen molar-refractivity contribution in [2.75, 3.05) is 62.8 Å². The third kappa shape index (κ3) is 6.35. The van der Waals surface area contributed by atoms with Crippen LogP contribution in [0.1, 0.15) is 18.4 Å². The zero-order valence-corrected chi connectivity index (χ0v) is 20.8. The van der Waals surface area contributed by atoms with Crippen LogP contribution in [0.4, 0.5) is 17.3 Å². The van der Waals surface area contributed by atoms with Gasteiger partial charge in [0, 0.05) is 68.7 Å². The number of nitrogens with one attached hydrogen (secondary N) is 1. The second kappa shape index (κ2) is 12.0. The van der Waals surface area contributed by atoms with Gasteiger partial charge in [-0.15, -0.1) is 0 Å². The number of benzene rings is 2. The predicted octanol–water partition coefficient (Wildman–Crippen LogP) is 3.43. The molecular formula is C28H32N6O3. The average Bonchev–Trinajstić information content (AvgIpc) is 2.95. The fraction of sp³-hybridized carbons (Fsp3) is 0.393. The Kier molecular flexibility index (Phi) is 8.11. The highest BCUT2D eigenvalue weighted by molar-refractivity contribution is 5.66. The van der Waals surface area contributed by atoms with E-state index in [-0.39, 0.29) is 12.7 Å². The minimum Gasteiger partial charge on any atom is -0.489 e. The van der Waals surface area contributed by atoms with E-state index in [4.69, 9.17) is 14.6 Å². The van der Waals surface area contributed by atoms with Gasteiger partial charge in [0.25, 0.3) is 0 Å². The van der Waals surface area contributed by atoms with E-state index in [1.54, 1.807) is 6.20 Å². The van der Waals surface area contributed by atoms with Crippen molar-refractivity contribution in [2.45, 2.75) is 18.9 Å². The molecule has 0 aliphatic carbocycles. The van der Waals surface area contributed by atoms with Gasteiger partial charge in [-0.05, 0) is 48.5 Å². The minimum absolute atomic E-state index is 0.0730. The molecule has 0 amide bonds. The lowest BCUT2D eigenvalue weighted by Crippen LogP contribution is -2.47. The molecule has 1 aromatic heterocycles. The summed E-state index contributed by atoms with van der Waals surface area (Å²) in [5.74, 6) is 1.09. The Balaban J connectivity index is 1.24. The molecule has 2 fully saturated rings. The topological polar surface area (TPSA) is 107 Å². The largest absolute Gasteiger partial charge is 0.489 e. The van der Waals surface area contributed by atoms with Crippen LogP contribution in [0.25, 0.3) is 11.3 Å². The smallest absolute Gasteiger partial charge is 0.227 e. The number of nitriles is 1. The first kappa shape index (κ1) is 25.0. The van der Waals surface area contributed by atoms with E-state index >= 15 is 0 Å². The number of hydrogen-bond acceptors (Lipinski definition) is 9. The van der Waals surface area contributed by atoms with Gasteiger partial charge in [0.15, 0.2) is 0 Å². The lowest BCUT2D eigenvalue weighted by molar-refractivity contribution is 0.0254. The number of piperazine rings is 1. The molecule has 5 rings (SSSR count). The maximum atomic E-state index is 9.71. The first-order valence-corrected chi connectivity index (χ1v) is 12.8. The molecule has 37 heavy (non-hydrogen) atoms. The van der Waals surface area contributed by atoms with Crippen LogP contribution in [0.2, 0.25) is 0 Å². The molecule has 0 unspecified atom stereocenters. The van der Waals surface area contributed by atoms with Gasteiger partial charge in [-0.1, -0.05) is 0 Å². The summed E-state index contributed by atoms with van der Waals surface area (Å²) in [7, 11) is 0. The summed E-state index contributed by atoms with van der Waals surface area (Å²) in [6, 6.07) is 17.9. The van der Waals surface area contributed by atoms with E-state index in [1.165, 1.54) is 5.69 Å². The van der Waals surface area contributed by atoms with Gasteiger partial charge < -0.3 is 24.8 Å². The maximum absolute atomic E-state index is 9.71. The molecule has 9 heteroatoms. The Morgan fingerprint density at radius 1 is 1.05 bits per heavy atom. The molecule has 2 aromatic carbocycles. The number of aliphatic hydroxyl groups excluding tert-OH is 1. The molecule has 0 spiro atoms. The Labute approximate surface area is 217 Å². The normalized spacial score (nSPS) is 16.8. The van der Waals surface area contributed by atoms with Crippen LogP contribution < -0.4 is 15.0 Å². The van der Waals surface area contributed by atoms with E-state index in [9.17, 15) is 5.26 Å². The third-order valence-corrected chi connectivity index (χ3v) is 6.79. The highest BCUT2D eigenvalue weighted by Gasteiger charge is 2.18. The number of rotatable bonds is 8. The molecule has 0 radical (unpaired) electrons. The van der Waals surface area contributed by atoms with Crippen LogP contribution in [0, 0.1) is 11.3 Å². The Hall–Kier alpha value is -3.71. The maximum Gasteiger partial charge on any atom is 0.227 e. The highest BCUT2D eigenvalue weighted by atomic mass is 16.5. The minimum atomic E-state index is 0.0730. The summed E-state index contributed by atoms with van der Waals surface area (Å²) >= 11 is 0. The third-order valence-electron chi connectivity index (χ3n) is 6.79. The van der Waals surface area contributed by atoms with Gasteiger partial charge >= 0.3 is 0 Å². The summed E-state index contributed by atoms with van der Waals surface area (Å²) in [4.78, 5) is 13.7. The first-order valence-electron chi connectivity index (χ1n) is 12.8. The standard InChI is InChI=1S/C28H32N6O3/c29-20-22-19-21(1-6-27(22)37-25-8-17-36-18-9-25)26-7-10-30-28(32-26)31-23-2-4-24(5-3-23)34-13-11-33(12-14-34)15-16-35/h1-7,10,19,25,35H,8-9,11-18H2,(H,30,31,32). The van der Waals surface area contributed by atoms with Crippen molar-refractivity contribution in [1.82, 2.24) is 14.9 Å². The van der Waals surface area contributed by atoms with Crippen molar-refractivity contribution in [3.05, 3.63) is 60.3 Å². The Morgan fingerprint density at radius 3 is 2.57 bits per heavy atom. The average molecular weight is 501 g/mol. The van der Waals surface area contributed by atoms with E-state index in [0.717, 1.165) is 62.5 Å². The highest BCUT2D eigenvalue weighted by Crippen LogP contribution is 2.28. The summed E-state index contributed by atoms with van der Waals surface area (Å²) < 4.78 is 11.5. The van der Waals surface area contributed by atoms with Gasteiger partial charge in [-0.3, -0.25) is 4.90 Å². The van der Waals surface area contributed by atoms with Crippen molar-refractivity contribution < 1.29 is 14.6 Å². The SMILES string of the molecule is N#Cc1cc(-c2ccnc(Nc3ccc(N4CCN(CCO)CC4)cc3)n2)ccc1OC1CCOCC1. The quantitative estimate of drug-likeness (QED) is 0.481. The fourth-order valence-corrected chi connectivity index (χ4v) is 4.69. The van der Waals surface area contributed by atoms with Crippen LogP contribution in [0.15, 0.2) is 54.7 Å². The van der Waals surface area contributed by atoms with Crippen LogP contribution in [-0.4, -0.2) is 78.6 Å². The number of anilines is 3. The second-order valence-electron chi connectivity index (χ2n) is 9.24. The molecule has 192 valence electrons. The van der Waals surface area contributed by atoms with Crippen molar-refractivity contribution in [2.24, 2.45) is 0 Å². The van der Waals surface area contributed by atoms with E-state index in [2.05, 4.69) is 43.3 Å². The number of aliphatic hydroxyl groups is 1. The summed E-state index contributed by atoms with van der Waals surface area (Å²) in [5.41, 5.74) is 4.12. The summed E-state index contributed by atoms with van der Waals surface area (Å²) in [6.45, 7) is 6.12. The molecule has 2 N–H and O–H groups in total. The lowest BCUT2D eigenvalue weighted by Gasteiger charge is -2.35. The molecule has 2 aliphatic heterocycles. The molecule has 0 atom stereocenters. The van der Waals surface area contributed by atoms with E-state index < -0.39 is 0 Å². The predicted molar refractivity (Wildman–Crippen MR) is 142 cm³/mol. The number of aromatic nitrogens is 2. The van der Waals surface area contributed by atoms with Crippen LogP contribution in [0.3, 0.4) is 0 Å². The number of nitrogens with zero attached hydrogens (tertiary/aromatic N) is 5. The van der Waals surface area contributed by atoms with Crippen molar-refractivity contribution in [3.63, 3.8) is 0 Å². The molecule has 3 heterocycles. The molecule has 2 aliphatic rings. The molecule has 9 nitrogen and oxygen atoms in total. The van der Waals surface area contributed by atoms with Gasteiger partial charge in [0.2, 0.25) is 5.95 Å². The molecular weight excluding hydrogens is 468 g/mol. The second-order valence-corrected chi connectivity index (χ2v) is 9.24. The first-order chi connectivity index (χ1) is 18.2. The Bertz CT molecular complexity index is 1220. The molecule has 0 bridgehead atoms. The van der Waals surface area contributed by atoms with Gasteiger partial charge in [0.05, 0.1) is 31.1 Å². The number of ether oxygens (including phenoxy) is 2. The van der Waals surface area contributed by atoms with Crippen molar-refractivity contribution in [3.8, 4) is 23.1 Å². The Morgan fingerprint density at radius 2 is 1.84 bits per heavy atom. The van der Waals surface area contributed by atoms with Crippen molar-refractivity contribution in [1.29, 1.82) is 5.26 Å². The van der Waals surface area contributed by atoms with E-state index in [0.29, 0.717) is 30.5 Å². The van der Waals surface area contributed by atoms with Crippen LogP contribution >= 0.6 is 0 Å². The fourth-order valence-electron chi connectivity index (χ4n) is 4.69. The van der Waals surface area contributed by atoms with Gasteiger partial charge in [-0.25, -0.2) is 9.97 Å². The van der Waals surface area contributed by atoms with Gasteiger partial charge in [-0.2, -0.15) is 5.26 Å². The molecule has 0 saturated carbocycles. The van der Waals surface area contributed by atoms with E-state index in [1.807, 2.05) is 36.4 Å². The number of hydrogen-bond donors (Lipinski definition) is 2. The van der Waals surface area contributed by atoms with Gasteiger partial charge in [0.1, 0.15) is 17.9 Å². The van der Waals surface area contributed by atoms with Crippen LogP contribution in [-0.2, 0) is 4.74 Å². The molecule has 2 saturated heterocycles.